The van der Waals surface area contributed by atoms with Gasteiger partial charge in [0.2, 0.25) is 11.8 Å². The molecule has 1 saturated heterocycles. The van der Waals surface area contributed by atoms with E-state index < -0.39 is 36.4 Å². The molecule has 2 amide bonds. The minimum atomic E-state index is -4.51. The Hall–Kier alpha value is -2.62. The zero-order chi connectivity index (χ0) is 19.1. The normalized spacial score (nSPS) is 17.7. The zero-order valence-corrected chi connectivity index (χ0v) is 14.0. The summed E-state index contributed by atoms with van der Waals surface area (Å²) >= 11 is 1.09. The molecular weight excluding hydrogens is 373 g/mol. The van der Waals surface area contributed by atoms with Crippen LogP contribution in [0, 0.1) is 5.92 Å². The number of halogens is 3. The summed E-state index contributed by atoms with van der Waals surface area (Å²) in [7, 11) is 0. The molecule has 1 aliphatic rings. The Morgan fingerprint density at radius 2 is 2.04 bits per heavy atom. The number of nitrogens with one attached hydrogen (secondary N) is 1. The number of carboxylic acids is 1. The standard InChI is InChI=1S/C16H13F3N2O4S/c17-16(18,19)7-21-6-9(5-13(21)22)14(23)20-10-1-2-11-8(3-10)4-12(26-11)15(24)25/h1-4,9H,5-7H2,(H,20,23)(H,24,25). The number of fused-ring (bicyclic) bond motifs is 1. The smallest absolute Gasteiger partial charge is 0.406 e. The number of thiophene rings is 1. The fourth-order valence-electron chi connectivity index (χ4n) is 2.79. The number of anilines is 1. The van der Waals surface area contributed by atoms with Crippen LogP contribution in [-0.2, 0) is 9.59 Å². The van der Waals surface area contributed by atoms with E-state index in [1.807, 2.05) is 0 Å². The van der Waals surface area contributed by atoms with E-state index in [9.17, 15) is 27.6 Å². The van der Waals surface area contributed by atoms with Crippen molar-refractivity contribution in [3.05, 3.63) is 29.1 Å². The van der Waals surface area contributed by atoms with Gasteiger partial charge in [-0.1, -0.05) is 0 Å². The number of amides is 2. The Labute approximate surface area is 149 Å². The number of carbonyl (C=O) groups is 3. The first-order valence-corrected chi connectivity index (χ1v) is 8.36. The van der Waals surface area contributed by atoms with E-state index >= 15 is 0 Å². The third-order valence-electron chi connectivity index (χ3n) is 3.95. The Bertz CT molecular complexity index is 893. The Morgan fingerprint density at radius 1 is 1.31 bits per heavy atom. The molecule has 0 spiro atoms. The van der Waals surface area contributed by atoms with Crippen LogP contribution in [0.15, 0.2) is 24.3 Å². The van der Waals surface area contributed by atoms with Crippen LogP contribution in [0.4, 0.5) is 18.9 Å². The molecule has 2 aromatic rings. The van der Waals surface area contributed by atoms with Gasteiger partial charge in [0.25, 0.3) is 0 Å². The Kier molecular flexibility index (Phi) is 4.61. The van der Waals surface area contributed by atoms with E-state index in [1.165, 1.54) is 6.07 Å². The summed E-state index contributed by atoms with van der Waals surface area (Å²) in [6.45, 7) is -1.65. The van der Waals surface area contributed by atoms with Gasteiger partial charge >= 0.3 is 12.1 Å². The third-order valence-corrected chi connectivity index (χ3v) is 5.05. The first-order chi connectivity index (χ1) is 12.1. The van der Waals surface area contributed by atoms with E-state index in [2.05, 4.69) is 5.32 Å². The lowest BCUT2D eigenvalue weighted by atomic mass is 10.1. The molecule has 1 aromatic heterocycles. The lowest BCUT2D eigenvalue weighted by Gasteiger charge is -2.18. The molecule has 3 rings (SSSR count). The van der Waals surface area contributed by atoms with Crippen molar-refractivity contribution >= 4 is 44.9 Å². The van der Waals surface area contributed by atoms with Gasteiger partial charge in [-0.2, -0.15) is 13.2 Å². The molecule has 6 nitrogen and oxygen atoms in total. The summed E-state index contributed by atoms with van der Waals surface area (Å²) in [6.07, 6.45) is -4.78. The summed E-state index contributed by atoms with van der Waals surface area (Å²) in [6, 6.07) is 6.28. The highest BCUT2D eigenvalue weighted by atomic mass is 32.1. The molecule has 2 heterocycles. The summed E-state index contributed by atoms with van der Waals surface area (Å²) in [5.41, 5.74) is 0.388. The maximum absolute atomic E-state index is 12.4. The highest BCUT2D eigenvalue weighted by Crippen LogP contribution is 2.29. The molecule has 1 unspecified atom stereocenters. The van der Waals surface area contributed by atoms with Gasteiger partial charge in [0.15, 0.2) is 0 Å². The zero-order valence-electron chi connectivity index (χ0n) is 13.2. The molecule has 2 N–H and O–H groups in total. The molecule has 0 aliphatic carbocycles. The summed E-state index contributed by atoms with van der Waals surface area (Å²) < 4.78 is 38.0. The van der Waals surface area contributed by atoms with E-state index in [-0.39, 0.29) is 17.8 Å². The average molecular weight is 386 g/mol. The van der Waals surface area contributed by atoms with Crippen molar-refractivity contribution < 1.29 is 32.7 Å². The number of carbonyl (C=O) groups excluding carboxylic acids is 2. The number of hydrogen-bond acceptors (Lipinski definition) is 4. The number of likely N-dealkylation sites (tertiary alicyclic amines) is 1. The van der Waals surface area contributed by atoms with Crippen molar-refractivity contribution in [3.8, 4) is 0 Å². The molecule has 10 heteroatoms. The summed E-state index contributed by atoms with van der Waals surface area (Å²) in [4.78, 5) is 35.7. The van der Waals surface area contributed by atoms with E-state index in [4.69, 9.17) is 5.11 Å². The van der Waals surface area contributed by atoms with Crippen molar-refractivity contribution in [1.82, 2.24) is 4.90 Å². The van der Waals surface area contributed by atoms with Crippen LogP contribution >= 0.6 is 11.3 Å². The van der Waals surface area contributed by atoms with Crippen LogP contribution < -0.4 is 5.32 Å². The molecule has 1 aromatic carbocycles. The van der Waals surface area contributed by atoms with Gasteiger partial charge in [-0.25, -0.2) is 4.79 Å². The predicted molar refractivity (Wildman–Crippen MR) is 88.2 cm³/mol. The number of rotatable bonds is 4. The summed E-state index contributed by atoms with van der Waals surface area (Å²) in [5.74, 6) is -3.17. The monoisotopic (exact) mass is 386 g/mol. The number of nitrogens with zero attached hydrogens (tertiary/aromatic N) is 1. The van der Waals surface area contributed by atoms with Crippen LogP contribution in [0.2, 0.25) is 0 Å². The Morgan fingerprint density at radius 3 is 2.69 bits per heavy atom. The number of aromatic carboxylic acids is 1. The van der Waals surface area contributed by atoms with Gasteiger partial charge in [-0.15, -0.1) is 11.3 Å². The molecule has 0 saturated carbocycles. The molecule has 1 fully saturated rings. The van der Waals surface area contributed by atoms with Gasteiger partial charge in [-0.05, 0) is 29.7 Å². The maximum atomic E-state index is 12.4. The highest BCUT2D eigenvalue weighted by Gasteiger charge is 2.40. The second-order valence-corrected chi connectivity index (χ2v) is 7.03. The number of alkyl halides is 3. The van der Waals surface area contributed by atoms with E-state index in [0.717, 1.165) is 16.0 Å². The minimum Gasteiger partial charge on any atom is -0.477 e. The lowest BCUT2D eigenvalue weighted by Crippen LogP contribution is -2.36. The number of carboxylic acid groups (broad SMARTS) is 1. The first-order valence-electron chi connectivity index (χ1n) is 7.54. The van der Waals surface area contributed by atoms with Crippen molar-refractivity contribution in [1.29, 1.82) is 0 Å². The molecule has 0 radical (unpaired) electrons. The molecular formula is C16H13F3N2O4S. The SMILES string of the molecule is O=C(O)c1cc2cc(NC(=O)C3CC(=O)N(CC(F)(F)F)C3)ccc2s1. The highest BCUT2D eigenvalue weighted by molar-refractivity contribution is 7.20. The third kappa shape index (κ3) is 3.96. The van der Waals surface area contributed by atoms with Gasteiger partial charge in [0, 0.05) is 23.4 Å². The topological polar surface area (TPSA) is 86.7 Å². The second-order valence-electron chi connectivity index (χ2n) is 5.95. The van der Waals surface area contributed by atoms with E-state index in [1.54, 1.807) is 18.2 Å². The average Bonchev–Trinajstić information content (AvgIpc) is 3.09. The predicted octanol–water partition coefficient (Wildman–Crippen LogP) is 2.95. The van der Waals surface area contributed by atoms with Crippen LogP contribution in [0.3, 0.4) is 0 Å². The van der Waals surface area contributed by atoms with Crippen molar-refractivity contribution in [3.63, 3.8) is 0 Å². The van der Waals surface area contributed by atoms with Crippen LogP contribution in [-0.4, -0.2) is 47.1 Å². The fourth-order valence-corrected chi connectivity index (χ4v) is 3.67. The second kappa shape index (κ2) is 6.60. The van der Waals surface area contributed by atoms with Gasteiger partial charge in [0.1, 0.15) is 11.4 Å². The largest absolute Gasteiger partial charge is 0.477 e. The van der Waals surface area contributed by atoms with Gasteiger partial charge in [-0.3, -0.25) is 9.59 Å². The Balaban J connectivity index is 1.69. The van der Waals surface area contributed by atoms with Gasteiger partial charge in [0.05, 0.1) is 5.92 Å². The first kappa shape index (κ1) is 18.2. The molecule has 26 heavy (non-hydrogen) atoms. The van der Waals surface area contributed by atoms with Crippen molar-refractivity contribution in [2.45, 2.75) is 12.6 Å². The van der Waals surface area contributed by atoms with Crippen LogP contribution in [0.25, 0.3) is 10.1 Å². The fraction of sp³-hybridized carbons (Fsp3) is 0.312. The van der Waals surface area contributed by atoms with Crippen LogP contribution in [0.1, 0.15) is 16.1 Å². The lowest BCUT2D eigenvalue weighted by molar-refractivity contribution is -0.157. The van der Waals surface area contributed by atoms with Crippen molar-refractivity contribution in [2.24, 2.45) is 5.92 Å². The van der Waals surface area contributed by atoms with Gasteiger partial charge < -0.3 is 15.3 Å². The maximum Gasteiger partial charge on any atom is 0.406 e. The molecule has 1 aliphatic heterocycles. The molecule has 138 valence electrons. The van der Waals surface area contributed by atoms with E-state index in [0.29, 0.717) is 16.0 Å². The minimum absolute atomic E-state index is 0.160. The summed E-state index contributed by atoms with van der Waals surface area (Å²) in [5, 5.41) is 12.2. The van der Waals surface area contributed by atoms with Crippen molar-refractivity contribution in [2.75, 3.05) is 18.4 Å². The quantitative estimate of drug-likeness (QED) is 0.846. The molecule has 0 bridgehead atoms. The number of benzene rings is 1. The number of hydrogen-bond donors (Lipinski definition) is 2. The molecule has 1 atom stereocenters. The van der Waals surface area contributed by atoms with Crippen LogP contribution in [0.5, 0.6) is 0 Å².